The summed E-state index contributed by atoms with van der Waals surface area (Å²) in [7, 11) is 1.70. The molecule has 0 bridgehead atoms. The molecule has 5 aromatic rings. The second-order valence-corrected chi connectivity index (χ2v) is 13.6. The first kappa shape index (κ1) is 36.0. The highest BCUT2D eigenvalue weighted by Crippen LogP contribution is 2.39. The van der Waals surface area contributed by atoms with Crippen molar-refractivity contribution >= 4 is 11.8 Å². The molecule has 7 heteroatoms. The molecule has 1 heterocycles. The Balaban J connectivity index is 1.34. The maximum Gasteiger partial charge on any atom is 0.137 e. The average Bonchev–Trinajstić information content (AvgIpc) is 3.17. The molecule has 5 aromatic carbocycles. The minimum atomic E-state index is -0.542. The van der Waals surface area contributed by atoms with E-state index >= 15 is 0 Å². The summed E-state index contributed by atoms with van der Waals surface area (Å²) in [5, 5.41) is 0. The van der Waals surface area contributed by atoms with Gasteiger partial charge in [0, 0.05) is 12.0 Å². The van der Waals surface area contributed by atoms with E-state index in [1.54, 1.807) is 18.9 Å². The second kappa shape index (κ2) is 19.0. The van der Waals surface area contributed by atoms with Crippen LogP contribution in [0.4, 0.5) is 0 Å². The SMILES string of the molecule is CO[C@H](COCc1ccccc1)[C@@H]1O[C@H](Sc2ccc(C)cc2)[C@@H](OCc2ccccc2)[C@H](OCc2ccccc2)[C@H]1OCc1ccccc1. The number of aryl methyl sites for hydroxylation is 1. The molecular formula is C43H46O6S. The number of methoxy groups -OCH3 is 1. The van der Waals surface area contributed by atoms with E-state index in [2.05, 4.69) is 79.7 Å². The Morgan fingerprint density at radius 1 is 0.540 bits per heavy atom. The maximum atomic E-state index is 7.09. The summed E-state index contributed by atoms with van der Waals surface area (Å²) < 4.78 is 40.1. The van der Waals surface area contributed by atoms with Gasteiger partial charge in [0.25, 0.3) is 0 Å². The van der Waals surface area contributed by atoms with E-state index in [4.69, 9.17) is 28.4 Å². The zero-order valence-electron chi connectivity index (χ0n) is 28.7. The van der Waals surface area contributed by atoms with E-state index in [0.29, 0.717) is 33.0 Å². The molecule has 6 atom stereocenters. The highest BCUT2D eigenvalue weighted by atomic mass is 32.2. The van der Waals surface area contributed by atoms with Gasteiger partial charge in [-0.1, -0.05) is 151 Å². The highest BCUT2D eigenvalue weighted by Gasteiger charge is 2.51. The fourth-order valence-corrected chi connectivity index (χ4v) is 7.11. The predicted octanol–water partition coefficient (Wildman–Crippen LogP) is 8.80. The Morgan fingerprint density at radius 3 is 1.46 bits per heavy atom. The molecule has 6 nitrogen and oxygen atoms in total. The zero-order valence-corrected chi connectivity index (χ0v) is 29.5. The van der Waals surface area contributed by atoms with Crippen LogP contribution in [0.25, 0.3) is 0 Å². The quantitative estimate of drug-likeness (QED) is 0.0967. The molecule has 0 spiro atoms. The molecule has 0 unspecified atom stereocenters. The van der Waals surface area contributed by atoms with Gasteiger partial charge in [-0.05, 0) is 41.3 Å². The molecule has 0 radical (unpaired) electrons. The Bertz CT molecular complexity index is 1660. The molecule has 50 heavy (non-hydrogen) atoms. The van der Waals surface area contributed by atoms with E-state index in [0.717, 1.165) is 27.1 Å². The molecule has 0 aliphatic carbocycles. The number of rotatable bonds is 17. The van der Waals surface area contributed by atoms with Crippen molar-refractivity contribution in [2.45, 2.75) is 74.2 Å². The standard InChI is InChI=1S/C43H46O6S/c1-32-23-25-37(26-24-32)50-43-42(48-30-36-21-13-6-14-22-36)41(47-29-35-19-11-5-12-20-35)40(46-28-34-17-9-4-10-18-34)39(49-43)38(44-2)31-45-27-33-15-7-3-8-16-33/h3-26,38-43H,27-31H2,1-2H3/t38-,39+,40+,41-,42+,43-/m1/s1. The van der Waals surface area contributed by atoms with E-state index in [1.165, 1.54) is 5.56 Å². The van der Waals surface area contributed by atoms with Crippen molar-refractivity contribution in [1.29, 1.82) is 0 Å². The molecule has 0 aromatic heterocycles. The van der Waals surface area contributed by atoms with Gasteiger partial charge >= 0.3 is 0 Å². The van der Waals surface area contributed by atoms with E-state index in [1.807, 2.05) is 72.8 Å². The van der Waals surface area contributed by atoms with Gasteiger partial charge in [0.1, 0.15) is 36.0 Å². The van der Waals surface area contributed by atoms with Crippen LogP contribution in [0.3, 0.4) is 0 Å². The summed E-state index contributed by atoms with van der Waals surface area (Å²) in [5.41, 5.74) is 5.05. The lowest BCUT2D eigenvalue weighted by atomic mass is 9.95. The molecule has 0 N–H and O–H groups in total. The van der Waals surface area contributed by atoms with Gasteiger partial charge in [-0.2, -0.15) is 0 Å². The first-order chi connectivity index (χ1) is 24.7. The fourth-order valence-electron chi connectivity index (χ4n) is 6.00. The normalized spacial score (nSPS) is 21.1. The Morgan fingerprint density at radius 2 is 0.980 bits per heavy atom. The van der Waals surface area contributed by atoms with Crippen LogP contribution in [0.5, 0.6) is 0 Å². The minimum absolute atomic E-state index is 0.310. The number of hydrogen-bond donors (Lipinski definition) is 0. The van der Waals surface area contributed by atoms with Crippen LogP contribution >= 0.6 is 11.8 Å². The van der Waals surface area contributed by atoms with Crippen molar-refractivity contribution in [3.8, 4) is 0 Å². The van der Waals surface area contributed by atoms with Crippen molar-refractivity contribution in [3.63, 3.8) is 0 Å². The van der Waals surface area contributed by atoms with Gasteiger partial charge in [0.15, 0.2) is 0 Å². The molecule has 1 fully saturated rings. The Labute approximate surface area is 300 Å². The summed E-state index contributed by atoms with van der Waals surface area (Å²) in [4.78, 5) is 1.08. The summed E-state index contributed by atoms with van der Waals surface area (Å²) in [6.45, 7) is 4.02. The van der Waals surface area contributed by atoms with Gasteiger partial charge in [-0.25, -0.2) is 0 Å². The van der Waals surface area contributed by atoms with E-state index in [9.17, 15) is 0 Å². The molecule has 0 amide bonds. The molecule has 260 valence electrons. The van der Waals surface area contributed by atoms with Crippen molar-refractivity contribution < 1.29 is 28.4 Å². The largest absolute Gasteiger partial charge is 0.376 e. The van der Waals surface area contributed by atoms with Crippen molar-refractivity contribution in [1.82, 2.24) is 0 Å². The molecule has 6 rings (SSSR count). The predicted molar refractivity (Wildman–Crippen MR) is 198 cm³/mol. The van der Waals surface area contributed by atoms with Crippen LogP contribution in [0.1, 0.15) is 27.8 Å². The van der Waals surface area contributed by atoms with Gasteiger partial charge < -0.3 is 28.4 Å². The number of hydrogen-bond acceptors (Lipinski definition) is 7. The van der Waals surface area contributed by atoms with Crippen molar-refractivity contribution in [2.24, 2.45) is 0 Å². The topological polar surface area (TPSA) is 55.4 Å². The lowest BCUT2D eigenvalue weighted by Crippen LogP contribution is -2.63. The molecule has 1 aliphatic heterocycles. The first-order valence-electron chi connectivity index (χ1n) is 17.2. The van der Waals surface area contributed by atoms with E-state index in [-0.39, 0.29) is 0 Å². The molecular weight excluding hydrogens is 645 g/mol. The van der Waals surface area contributed by atoms with E-state index < -0.39 is 36.0 Å². The lowest BCUT2D eigenvalue weighted by molar-refractivity contribution is -0.268. The average molecular weight is 691 g/mol. The van der Waals surface area contributed by atoms with Crippen LogP contribution in [0.15, 0.2) is 150 Å². The van der Waals surface area contributed by atoms with Crippen LogP contribution < -0.4 is 0 Å². The smallest absolute Gasteiger partial charge is 0.137 e. The summed E-state index contributed by atoms with van der Waals surface area (Å²) in [5.74, 6) is 0. The van der Waals surface area contributed by atoms with Crippen LogP contribution in [-0.4, -0.2) is 49.7 Å². The third-order valence-electron chi connectivity index (χ3n) is 8.72. The van der Waals surface area contributed by atoms with Gasteiger partial charge in [-0.3, -0.25) is 0 Å². The summed E-state index contributed by atoms with van der Waals surface area (Å²) in [6, 6.07) is 49.2. The third-order valence-corrected chi connectivity index (χ3v) is 9.88. The number of benzene rings is 5. The summed E-state index contributed by atoms with van der Waals surface area (Å²) in [6.07, 6.45) is -2.50. The number of thioether (sulfide) groups is 1. The third kappa shape index (κ3) is 10.4. The molecule has 0 saturated carbocycles. The zero-order chi connectivity index (χ0) is 34.4. The Kier molecular flexibility index (Phi) is 13.7. The van der Waals surface area contributed by atoms with Gasteiger partial charge in [-0.15, -0.1) is 0 Å². The van der Waals surface area contributed by atoms with Gasteiger partial charge in [0.2, 0.25) is 0 Å². The first-order valence-corrected chi connectivity index (χ1v) is 18.0. The maximum absolute atomic E-state index is 7.09. The number of ether oxygens (including phenoxy) is 6. The van der Waals surface area contributed by atoms with Crippen LogP contribution in [0, 0.1) is 6.92 Å². The van der Waals surface area contributed by atoms with Crippen molar-refractivity contribution in [3.05, 3.63) is 173 Å². The molecule has 1 aliphatic rings. The van der Waals surface area contributed by atoms with Gasteiger partial charge in [0.05, 0.1) is 33.0 Å². The Hall–Kier alpha value is -3.79. The highest BCUT2D eigenvalue weighted by molar-refractivity contribution is 7.99. The van der Waals surface area contributed by atoms with Crippen LogP contribution in [0.2, 0.25) is 0 Å². The summed E-state index contributed by atoms with van der Waals surface area (Å²) >= 11 is 1.63. The second-order valence-electron chi connectivity index (χ2n) is 12.5. The molecule has 1 saturated heterocycles. The minimum Gasteiger partial charge on any atom is -0.376 e. The fraction of sp³-hybridized carbons (Fsp3) is 0.302. The monoisotopic (exact) mass is 690 g/mol. The van der Waals surface area contributed by atoms with Crippen LogP contribution in [-0.2, 0) is 54.8 Å². The lowest BCUT2D eigenvalue weighted by Gasteiger charge is -2.47. The van der Waals surface area contributed by atoms with Crippen molar-refractivity contribution in [2.75, 3.05) is 13.7 Å².